The molecule has 0 aliphatic heterocycles. The van der Waals surface area contributed by atoms with Gasteiger partial charge in [0.1, 0.15) is 5.75 Å². The standard InChI is InChI=1S/C16H25NO3/c1-11(16(19-3)20-4)17-15-7-5-6-12-10-13(18-2)8-9-14(12)15/h8-11,15-17H,5-7H2,1-4H3. The summed E-state index contributed by atoms with van der Waals surface area (Å²) >= 11 is 0. The van der Waals surface area contributed by atoms with Crippen molar-refractivity contribution in [2.45, 2.75) is 44.6 Å². The second-order valence-corrected chi connectivity index (χ2v) is 5.30. The Balaban J connectivity index is 2.12. The Morgan fingerprint density at radius 2 is 1.95 bits per heavy atom. The third-order valence-electron chi connectivity index (χ3n) is 4.00. The van der Waals surface area contributed by atoms with Gasteiger partial charge >= 0.3 is 0 Å². The van der Waals surface area contributed by atoms with E-state index < -0.39 is 0 Å². The molecule has 112 valence electrons. The van der Waals surface area contributed by atoms with Gasteiger partial charge in [0, 0.05) is 20.3 Å². The van der Waals surface area contributed by atoms with Gasteiger partial charge in [-0.2, -0.15) is 0 Å². The van der Waals surface area contributed by atoms with Crippen molar-refractivity contribution in [3.8, 4) is 5.75 Å². The third kappa shape index (κ3) is 3.32. The van der Waals surface area contributed by atoms with Crippen LogP contribution < -0.4 is 10.1 Å². The summed E-state index contributed by atoms with van der Waals surface area (Å²) in [6.45, 7) is 2.09. The Hall–Kier alpha value is -1.10. The molecule has 1 aliphatic rings. The number of fused-ring (bicyclic) bond motifs is 1. The van der Waals surface area contributed by atoms with Crippen LogP contribution in [0.3, 0.4) is 0 Å². The van der Waals surface area contributed by atoms with Crippen molar-refractivity contribution in [2.24, 2.45) is 0 Å². The van der Waals surface area contributed by atoms with Gasteiger partial charge in [0.2, 0.25) is 0 Å². The summed E-state index contributed by atoms with van der Waals surface area (Å²) in [7, 11) is 5.06. The maximum absolute atomic E-state index is 5.32. The number of hydrogen-bond acceptors (Lipinski definition) is 4. The van der Waals surface area contributed by atoms with Crippen LogP contribution in [0.1, 0.15) is 36.9 Å². The molecule has 4 heteroatoms. The van der Waals surface area contributed by atoms with Crippen LogP contribution in [0.15, 0.2) is 18.2 Å². The normalized spacial score (nSPS) is 19.8. The molecule has 2 rings (SSSR count). The molecule has 1 aromatic carbocycles. The van der Waals surface area contributed by atoms with Gasteiger partial charge in [-0.1, -0.05) is 6.07 Å². The lowest BCUT2D eigenvalue weighted by atomic mass is 9.87. The molecule has 0 saturated heterocycles. The van der Waals surface area contributed by atoms with Crippen LogP contribution in [-0.2, 0) is 15.9 Å². The van der Waals surface area contributed by atoms with E-state index in [1.807, 2.05) is 6.07 Å². The van der Waals surface area contributed by atoms with Crippen LogP contribution in [0.25, 0.3) is 0 Å². The summed E-state index contributed by atoms with van der Waals surface area (Å²) < 4.78 is 16.0. The Kier molecular flexibility index (Phi) is 5.40. The summed E-state index contributed by atoms with van der Waals surface area (Å²) in [6.07, 6.45) is 3.23. The van der Waals surface area contributed by atoms with Crippen molar-refractivity contribution >= 4 is 0 Å². The van der Waals surface area contributed by atoms with Gasteiger partial charge in [0.05, 0.1) is 13.2 Å². The number of aryl methyl sites for hydroxylation is 1. The summed E-state index contributed by atoms with van der Waals surface area (Å²) in [5.74, 6) is 0.934. The highest BCUT2D eigenvalue weighted by atomic mass is 16.7. The van der Waals surface area contributed by atoms with Crippen LogP contribution in [0.5, 0.6) is 5.75 Å². The zero-order valence-electron chi connectivity index (χ0n) is 12.8. The molecular formula is C16H25NO3. The molecule has 0 aromatic heterocycles. The highest BCUT2D eigenvalue weighted by Crippen LogP contribution is 2.32. The second-order valence-electron chi connectivity index (χ2n) is 5.30. The van der Waals surface area contributed by atoms with Gasteiger partial charge in [-0.05, 0) is 49.4 Å². The predicted molar refractivity (Wildman–Crippen MR) is 79.1 cm³/mol. The fourth-order valence-corrected chi connectivity index (χ4v) is 2.99. The Morgan fingerprint density at radius 1 is 1.20 bits per heavy atom. The lowest BCUT2D eigenvalue weighted by Gasteiger charge is -2.31. The van der Waals surface area contributed by atoms with E-state index in [9.17, 15) is 0 Å². The predicted octanol–water partition coefficient (Wildman–Crippen LogP) is 2.67. The molecule has 2 unspecified atom stereocenters. The van der Waals surface area contributed by atoms with Crippen LogP contribution in [-0.4, -0.2) is 33.7 Å². The van der Waals surface area contributed by atoms with E-state index in [1.165, 1.54) is 17.5 Å². The molecule has 0 bridgehead atoms. The van der Waals surface area contributed by atoms with E-state index in [1.54, 1.807) is 21.3 Å². The van der Waals surface area contributed by atoms with Crippen molar-refractivity contribution < 1.29 is 14.2 Å². The quantitative estimate of drug-likeness (QED) is 0.813. The topological polar surface area (TPSA) is 39.7 Å². The zero-order chi connectivity index (χ0) is 14.5. The number of methoxy groups -OCH3 is 3. The van der Waals surface area contributed by atoms with Crippen LogP contribution >= 0.6 is 0 Å². The average Bonchev–Trinajstić information content (AvgIpc) is 2.48. The largest absolute Gasteiger partial charge is 0.497 e. The van der Waals surface area contributed by atoms with E-state index in [2.05, 4.69) is 24.4 Å². The molecule has 1 aliphatic carbocycles. The first-order valence-corrected chi connectivity index (χ1v) is 7.18. The molecule has 0 fully saturated rings. The maximum Gasteiger partial charge on any atom is 0.171 e. The lowest BCUT2D eigenvalue weighted by Crippen LogP contribution is -2.42. The highest BCUT2D eigenvalue weighted by Gasteiger charge is 2.25. The Bertz CT molecular complexity index is 432. The van der Waals surface area contributed by atoms with Crippen LogP contribution in [0.2, 0.25) is 0 Å². The number of hydrogen-bond donors (Lipinski definition) is 1. The maximum atomic E-state index is 5.32. The fourth-order valence-electron chi connectivity index (χ4n) is 2.99. The molecule has 0 amide bonds. The summed E-state index contributed by atoms with van der Waals surface area (Å²) in [6, 6.07) is 6.85. The molecule has 0 spiro atoms. The number of nitrogens with one attached hydrogen (secondary N) is 1. The summed E-state index contributed by atoms with van der Waals surface area (Å²) in [5.41, 5.74) is 2.75. The van der Waals surface area contributed by atoms with E-state index >= 15 is 0 Å². The summed E-state index contributed by atoms with van der Waals surface area (Å²) in [4.78, 5) is 0. The molecule has 4 nitrogen and oxygen atoms in total. The van der Waals surface area contributed by atoms with E-state index in [0.717, 1.165) is 18.6 Å². The fraction of sp³-hybridized carbons (Fsp3) is 0.625. The van der Waals surface area contributed by atoms with Gasteiger partial charge in [-0.15, -0.1) is 0 Å². The Labute approximate surface area is 121 Å². The van der Waals surface area contributed by atoms with Crippen molar-refractivity contribution in [3.05, 3.63) is 29.3 Å². The van der Waals surface area contributed by atoms with Crippen LogP contribution in [0.4, 0.5) is 0 Å². The lowest BCUT2D eigenvalue weighted by molar-refractivity contribution is -0.121. The summed E-state index contributed by atoms with van der Waals surface area (Å²) in [5, 5.41) is 3.62. The van der Waals surface area contributed by atoms with Gasteiger partial charge < -0.3 is 19.5 Å². The van der Waals surface area contributed by atoms with Crippen LogP contribution in [0, 0.1) is 0 Å². The van der Waals surface area contributed by atoms with Gasteiger partial charge in [-0.25, -0.2) is 0 Å². The number of benzene rings is 1. The SMILES string of the molecule is COc1ccc2c(c1)CCCC2NC(C)C(OC)OC. The van der Waals surface area contributed by atoms with Crippen molar-refractivity contribution in [1.29, 1.82) is 0 Å². The third-order valence-corrected chi connectivity index (χ3v) is 4.00. The zero-order valence-corrected chi connectivity index (χ0v) is 12.8. The van der Waals surface area contributed by atoms with E-state index in [4.69, 9.17) is 14.2 Å². The molecule has 1 aromatic rings. The first-order valence-electron chi connectivity index (χ1n) is 7.18. The Morgan fingerprint density at radius 3 is 2.60 bits per heavy atom. The van der Waals surface area contributed by atoms with E-state index in [-0.39, 0.29) is 12.3 Å². The van der Waals surface area contributed by atoms with Crippen molar-refractivity contribution in [3.63, 3.8) is 0 Å². The average molecular weight is 279 g/mol. The van der Waals surface area contributed by atoms with Gasteiger partial charge in [0.25, 0.3) is 0 Å². The molecule has 0 saturated carbocycles. The van der Waals surface area contributed by atoms with E-state index in [0.29, 0.717) is 6.04 Å². The molecule has 20 heavy (non-hydrogen) atoms. The second kappa shape index (κ2) is 7.07. The molecule has 0 heterocycles. The number of ether oxygens (including phenoxy) is 3. The van der Waals surface area contributed by atoms with Crippen molar-refractivity contribution in [2.75, 3.05) is 21.3 Å². The number of rotatable bonds is 6. The minimum absolute atomic E-state index is 0.142. The molecular weight excluding hydrogens is 254 g/mol. The highest BCUT2D eigenvalue weighted by molar-refractivity contribution is 5.39. The minimum Gasteiger partial charge on any atom is -0.497 e. The first-order chi connectivity index (χ1) is 9.69. The molecule has 2 atom stereocenters. The molecule has 1 N–H and O–H groups in total. The molecule has 0 radical (unpaired) electrons. The van der Waals surface area contributed by atoms with Gasteiger partial charge in [0.15, 0.2) is 6.29 Å². The van der Waals surface area contributed by atoms with Gasteiger partial charge in [-0.3, -0.25) is 0 Å². The monoisotopic (exact) mass is 279 g/mol. The smallest absolute Gasteiger partial charge is 0.171 e. The first kappa shape index (κ1) is 15.3. The minimum atomic E-state index is -0.223. The van der Waals surface area contributed by atoms with Crippen molar-refractivity contribution in [1.82, 2.24) is 5.32 Å².